The van der Waals surface area contributed by atoms with Gasteiger partial charge in [-0.25, -0.2) is 9.78 Å². The first-order chi connectivity index (χ1) is 18.5. The van der Waals surface area contributed by atoms with Gasteiger partial charge < -0.3 is 20.1 Å². The van der Waals surface area contributed by atoms with Gasteiger partial charge in [0.05, 0.1) is 6.10 Å². The molecule has 1 aromatic carbocycles. The maximum Gasteiger partial charge on any atom is 0.410 e. The molecule has 39 heavy (non-hydrogen) atoms. The number of aliphatic hydroxyl groups excluding tert-OH is 1. The summed E-state index contributed by atoms with van der Waals surface area (Å²) in [5.41, 5.74) is 2.30. The fourth-order valence-electron chi connectivity index (χ4n) is 5.17. The number of aromatic nitrogens is 2. The standard InChI is InChI=1S/C30H43N5O4/c1-20-6-7-23(18-21(20)2)27(37)35(19-22-13-16-34(17-14-22)29(38)39-30(3,4)5)26-12-15-31-28(33-26)32-24-8-10-25(36)11-9-24/h6-7,12,15,18,22,24-25,36H,8-11,13-14,16-17,19H2,1-5H3,(H,31,32,33). The minimum absolute atomic E-state index is 0.0990. The van der Waals surface area contributed by atoms with E-state index in [4.69, 9.17) is 9.72 Å². The van der Waals surface area contributed by atoms with Gasteiger partial charge >= 0.3 is 6.09 Å². The summed E-state index contributed by atoms with van der Waals surface area (Å²) in [7, 11) is 0. The SMILES string of the molecule is Cc1ccc(C(=O)N(CC2CCN(C(=O)OC(C)(C)C)CC2)c2ccnc(NC3CCC(O)CC3)n2)cc1C. The molecule has 0 radical (unpaired) electrons. The third-order valence-corrected chi connectivity index (χ3v) is 7.65. The summed E-state index contributed by atoms with van der Waals surface area (Å²) in [5, 5.41) is 13.2. The zero-order valence-electron chi connectivity index (χ0n) is 23.9. The Bertz CT molecular complexity index is 1150. The number of rotatable bonds is 6. The number of benzene rings is 1. The molecule has 2 aromatic rings. The summed E-state index contributed by atoms with van der Waals surface area (Å²) >= 11 is 0. The van der Waals surface area contributed by atoms with E-state index in [1.54, 1.807) is 22.1 Å². The van der Waals surface area contributed by atoms with E-state index in [1.165, 1.54) is 0 Å². The van der Waals surface area contributed by atoms with Gasteiger partial charge in [0.15, 0.2) is 0 Å². The molecule has 1 aliphatic carbocycles. The van der Waals surface area contributed by atoms with Crippen LogP contribution in [-0.2, 0) is 4.74 Å². The first kappa shape index (κ1) is 28.8. The van der Waals surface area contributed by atoms with Crippen LogP contribution in [0.25, 0.3) is 0 Å². The lowest BCUT2D eigenvalue weighted by molar-refractivity contribution is 0.0185. The quantitative estimate of drug-likeness (QED) is 0.528. The van der Waals surface area contributed by atoms with Gasteiger partial charge in [0, 0.05) is 37.4 Å². The van der Waals surface area contributed by atoms with Gasteiger partial charge in [-0.2, -0.15) is 4.98 Å². The van der Waals surface area contributed by atoms with E-state index >= 15 is 0 Å². The third-order valence-electron chi connectivity index (χ3n) is 7.65. The van der Waals surface area contributed by atoms with Crippen molar-refractivity contribution in [3.05, 3.63) is 47.2 Å². The molecule has 0 spiro atoms. The van der Waals surface area contributed by atoms with Crippen molar-refractivity contribution in [1.29, 1.82) is 0 Å². The average molecular weight is 538 g/mol. The molecule has 2 N–H and O–H groups in total. The molecule has 9 nitrogen and oxygen atoms in total. The van der Waals surface area contributed by atoms with Crippen molar-refractivity contribution < 1.29 is 19.4 Å². The molecule has 2 aliphatic rings. The molecule has 2 amide bonds. The van der Waals surface area contributed by atoms with E-state index in [2.05, 4.69) is 10.3 Å². The summed E-state index contributed by atoms with van der Waals surface area (Å²) in [5.74, 6) is 1.16. The number of amides is 2. The first-order valence-corrected chi connectivity index (χ1v) is 14.1. The Morgan fingerprint density at radius 1 is 1.05 bits per heavy atom. The highest BCUT2D eigenvalue weighted by atomic mass is 16.6. The van der Waals surface area contributed by atoms with Gasteiger partial charge in [0.1, 0.15) is 11.4 Å². The third kappa shape index (κ3) is 7.91. The molecule has 1 saturated carbocycles. The number of carbonyl (C=O) groups is 2. The Balaban J connectivity index is 1.51. The maximum atomic E-state index is 13.9. The van der Waals surface area contributed by atoms with Crippen molar-refractivity contribution >= 4 is 23.8 Å². The second-order valence-electron chi connectivity index (χ2n) is 12.0. The summed E-state index contributed by atoms with van der Waals surface area (Å²) in [4.78, 5) is 39.1. The fourth-order valence-corrected chi connectivity index (χ4v) is 5.17. The molecule has 0 unspecified atom stereocenters. The van der Waals surface area contributed by atoms with Gasteiger partial charge in [-0.1, -0.05) is 6.07 Å². The molecule has 2 heterocycles. The van der Waals surface area contributed by atoms with Crippen molar-refractivity contribution in [2.75, 3.05) is 29.9 Å². The summed E-state index contributed by atoms with van der Waals surface area (Å²) < 4.78 is 5.55. The van der Waals surface area contributed by atoms with Gasteiger partial charge in [-0.05, 0) is 108 Å². The number of carbonyl (C=O) groups excluding carboxylic acids is 2. The van der Waals surface area contributed by atoms with Crippen molar-refractivity contribution in [3.63, 3.8) is 0 Å². The number of likely N-dealkylation sites (tertiary alicyclic amines) is 1. The van der Waals surface area contributed by atoms with E-state index in [9.17, 15) is 14.7 Å². The number of aliphatic hydroxyl groups is 1. The Labute approximate surface area is 232 Å². The Morgan fingerprint density at radius 3 is 2.38 bits per heavy atom. The second kappa shape index (κ2) is 12.3. The predicted molar refractivity (Wildman–Crippen MR) is 152 cm³/mol. The van der Waals surface area contributed by atoms with Crippen molar-refractivity contribution in [1.82, 2.24) is 14.9 Å². The molecule has 212 valence electrons. The Kier molecular flexibility index (Phi) is 9.10. The van der Waals surface area contributed by atoms with E-state index in [1.807, 2.05) is 52.8 Å². The number of ether oxygens (including phenoxy) is 1. The Morgan fingerprint density at radius 2 is 1.74 bits per heavy atom. The molecular weight excluding hydrogens is 494 g/mol. The number of hydrogen-bond donors (Lipinski definition) is 2. The lowest BCUT2D eigenvalue weighted by Gasteiger charge is -2.35. The molecule has 1 aromatic heterocycles. The number of anilines is 2. The van der Waals surface area contributed by atoms with Crippen molar-refractivity contribution in [2.45, 2.75) is 90.9 Å². The number of aryl methyl sites for hydroxylation is 2. The zero-order chi connectivity index (χ0) is 28.2. The van der Waals surface area contributed by atoms with Crippen LogP contribution in [0.3, 0.4) is 0 Å². The topological polar surface area (TPSA) is 108 Å². The molecule has 0 atom stereocenters. The van der Waals surface area contributed by atoms with E-state index < -0.39 is 5.60 Å². The summed E-state index contributed by atoms with van der Waals surface area (Å²) in [6, 6.07) is 7.76. The molecule has 1 aliphatic heterocycles. The van der Waals surface area contributed by atoms with Crippen LogP contribution in [0.2, 0.25) is 0 Å². The van der Waals surface area contributed by atoms with Crippen LogP contribution in [0.5, 0.6) is 0 Å². The van der Waals surface area contributed by atoms with Crippen LogP contribution >= 0.6 is 0 Å². The van der Waals surface area contributed by atoms with Crippen LogP contribution < -0.4 is 10.2 Å². The van der Waals surface area contributed by atoms with Gasteiger partial charge in [-0.15, -0.1) is 0 Å². The average Bonchev–Trinajstić information content (AvgIpc) is 2.89. The number of piperidine rings is 1. The van der Waals surface area contributed by atoms with E-state index in [-0.39, 0.29) is 30.1 Å². The summed E-state index contributed by atoms with van der Waals surface area (Å²) in [6.45, 7) is 11.3. The molecule has 9 heteroatoms. The monoisotopic (exact) mass is 537 g/mol. The largest absolute Gasteiger partial charge is 0.444 e. The van der Waals surface area contributed by atoms with Crippen LogP contribution in [0, 0.1) is 19.8 Å². The van der Waals surface area contributed by atoms with Crippen LogP contribution in [-0.4, -0.2) is 69.4 Å². The van der Waals surface area contributed by atoms with Gasteiger partial charge in [-0.3, -0.25) is 9.69 Å². The van der Waals surface area contributed by atoms with E-state index in [0.29, 0.717) is 37.0 Å². The first-order valence-electron chi connectivity index (χ1n) is 14.1. The molecule has 1 saturated heterocycles. The molecule has 4 rings (SSSR count). The van der Waals surface area contributed by atoms with Crippen molar-refractivity contribution in [2.24, 2.45) is 5.92 Å². The minimum Gasteiger partial charge on any atom is -0.444 e. The van der Waals surface area contributed by atoms with Crippen LogP contribution in [0.1, 0.15) is 80.8 Å². The van der Waals surface area contributed by atoms with Gasteiger partial charge in [0.2, 0.25) is 5.95 Å². The van der Waals surface area contributed by atoms with Crippen LogP contribution in [0.15, 0.2) is 30.5 Å². The fraction of sp³-hybridized carbons (Fsp3) is 0.600. The van der Waals surface area contributed by atoms with Crippen molar-refractivity contribution in [3.8, 4) is 0 Å². The molecule has 2 fully saturated rings. The highest BCUT2D eigenvalue weighted by Gasteiger charge is 2.30. The number of hydrogen-bond acceptors (Lipinski definition) is 7. The lowest BCUT2D eigenvalue weighted by atomic mass is 9.93. The van der Waals surface area contributed by atoms with E-state index in [0.717, 1.165) is 49.7 Å². The zero-order valence-corrected chi connectivity index (χ0v) is 23.9. The highest BCUT2D eigenvalue weighted by Crippen LogP contribution is 2.26. The minimum atomic E-state index is -0.528. The predicted octanol–water partition coefficient (Wildman–Crippen LogP) is 5.10. The van der Waals surface area contributed by atoms with Gasteiger partial charge in [0.25, 0.3) is 5.91 Å². The molecular formula is C30H43N5O4. The summed E-state index contributed by atoms with van der Waals surface area (Å²) in [6.07, 6.45) is 5.95. The maximum absolute atomic E-state index is 13.9. The van der Waals surface area contributed by atoms with Crippen LogP contribution in [0.4, 0.5) is 16.6 Å². The molecule has 0 bridgehead atoms. The Hall–Kier alpha value is -3.20. The second-order valence-corrected chi connectivity index (χ2v) is 12.0. The smallest absolute Gasteiger partial charge is 0.410 e. The number of nitrogens with one attached hydrogen (secondary N) is 1. The normalized spacial score (nSPS) is 20.4. The highest BCUT2D eigenvalue weighted by molar-refractivity contribution is 6.05. The number of nitrogens with zero attached hydrogens (tertiary/aromatic N) is 4. The lowest BCUT2D eigenvalue weighted by Crippen LogP contribution is -2.45.